The van der Waals surface area contributed by atoms with E-state index < -0.39 is 0 Å². The molecule has 0 amide bonds. The minimum atomic E-state index is -0.370. The number of hydrogen-bond acceptors (Lipinski definition) is 4. The summed E-state index contributed by atoms with van der Waals surface area (Å²) in [4.78, 5) is 12.0. The van der Waals surface area contributed by atoms with Crippen LogP contribution in [0.2, 0.25) is 0 Å². The van der Waals surface area contributed by atoms with Crippen LogP contribution in [0.25, 0.3) is 11.0 Å². The molecule has 106 valence electrons. The van der Waals surface area contributed by atoms with Gasteiger partial charge < -0.3 is 13.9 Å². The van der Waals surface area contributed by atoms with Crippen LogP contribution in [-0.2, 0) is 17.6 Å². The molecule has 0 fully saturated rings. The monoisotopic (exact) mass is 274 g/mol. The second kappa shape index (κ2) is 5.19. The average molecular weight is 274 g/mol. The number of methoxy groups -OCH3 is 1. The highest BCUT2D eigenvalue weighted by Crippen LogP contribution is 2.38. The fraction of sp³-hybridized carbons (Fsp3) is 0.438. The van der Waals surface area contributed by atoms with E-state index in [9.17, 15) is 4.79 Å². The molecule has 0 saturated carbocycles. The zero-order chi connectivity index (χ0) is 14.1. The van der Waals surface area contributed by atoms with Gasteiger partial charge in [0.25, 0.3) is 0 Å². The van der Waals surface area contributed by atoms with Crippen LogP contribution < -0.4 is 4.74 Å². The van der Waals surface area contributed by atoms with Crippen LogP contribution >= 0.6 is 0 Å². The highest BCUT2D eigenvalue weighted by molar-refractivity contribution is 5.98. The minimum Gasteiger partial charge on any atom is -0.496 e. The molecule has 4 heteroatoms. The normalized spacial score (nSPS) is 14.1. The van der Waals surface area contributed by atoms with Crippen molar-refractivity contribution in [2.75, 3.05) is 13.7 Å². The Bertz CT molecular complexity index is 654. The third-order valence-corrected chi connectivity index (χ3v) is 3.80. The number of benzene rings is 1. The predicted octanol–water partition coefficient (Wildman–Crippen LogP) is 3.50. The summed E-state index contributed by atoms with van der Waals surface area (Å²) in [5.74, 6) is 0.862. The molecule has 3 rings (SSSR count). The number of rotatable bonds is 3. The lowest BCUT2D eigenvalue weighted by molar-refractivity contribution is 0.0491. The van der Waals surface area contributed by atoms with E-state index in [4.69, 9.17) is 13.9 Å². The van der Waals surface area contributed by atoms with Crippen molar-refractivity contribution >= 4 is 16.9 Å². The van der Waals surface area contributed by atoms with Crippen molar-refractivity contribution < 1.29 is 18.7 Å². The number of furan rings is 1. The van der Waals surface area contributed by atoms with Crippen LogP contribution in [0, 0.1) is 0 Å². The summed E-state index contributed by atoms with van der Waals surface area (Å²) in [6.07, 6.45) is 3.93. The molecule has 0 aliphatic heterocycles. The second-order valence-electron chi connectivity index (χ2n) is 4.96. The molecule has 1 aliphatic rings. The van der Waals surface area contributed by atoms with E-state index in [0.29, 0.717) is 12.4 Å². The van der Waals surface area contributed by atoms with Crippen LogP contribution in [0.15, 0.2) is 16.5 Å². The van der Waals surface area contributed by atoms with Gasteiger partial charge in [0.05, 0.1) is 13.7 Å². The van der Waals surface area contributed by atoms with Gasteiger partial charge in [0.2, 0.25) is 5.76 Å². The summed E-state index contributed by atoms with van der Waals surface area (Å²) in [5.41, 5.74) is 2.88. The molecule has 4 nitrogen and oxygen atoms in total. The van der Waals surface area contributed by atoms with Gasteiger partial charge in [-0.1, -0.05) is 0 Å². The number of hydrogen-bond donors (Lipinski definition) is 0. The Balaban J connectivity index is 2.24. The van der Waals surface area contributed by atoms with Crippen molar-refractivity contribution in [2.24, 2.45) is 0 Å². The first kappa shape index (κ1) is 13.0. The van der Waals surface area contributed by atoms with Gasteiger partial charge in [0.15, 0.2) is 0 Å². The van der Waals surface area contributed by atoms with Crippen molar-refractivity contribution in [1.29, 1.82) is 0 Å². The number of carbonyl (C=O) groups is 1. The molecule has 20 heavy (non-hydrogen) atoms. The first-order chi connectivity index (χ1) is 9.76. The zero-order valence-corrected chi connectivity index (χ0v) is 11.8. The topological polar surface area (TPSA) is 48.7 Å². The zero-order valence-electron chi connectivity index (χ0n) is 11.8. The van der Waals surface area contributed by atoms with Gasteiger partial charge in [0.1, 0.15) is 11.3 Å². The van der Waals surface area contributed by atoms with Gasteiger partial charge in [0, 0.05) is 16.5 Å². The van der Waals surface area contributed by atoms with Gasteiger partial charge >= 0.3 is 5.97 Å². The molecule has 0 spiro atoms. The molecular weight excluding hydrogens is 256 g/mol. The Morgan fingerprint density at radius 3 is 2.70 bits per heavy atom. The summed E-state index contributed by atoms with van der Waals surface area (Å²) >= 11 is 0. The summed E-state index contributed by atoms with van der Waals surface area (Å²) in [6.45, 7) is 2.15. The lowest BCUT2D eigenvalue weighted by Gasteiger charge is -2.07. The first-order valence-electron chi connectivity index (χ1n) is 7.04. The van der Waals surface area contributed by atoms with E-state index in [1.54, 1.807) is 14.0 Å². The SMILES string of the molecule is CCOC(=O)c1oc2ccc(OC)c3c2c1CCCC3. The maximum atomic E-state index is 12.0. The number of carbonyl (C=O) groups excluding carboxylic acids is 1. The predicted molar refractivity (Wildman–Crippen MR) is 75.4 cm³/mol. The summed E-state index contributed by atoms with van der Waals surface area (Å²) < 4.78 is 16.3. The highest BCUT2D eigenvalue weighted by atomic mass is 16.5. The van der Waals surface area contributed by atoms with Crippen LogP contribution in [0.1, 0.15) is 41.4 Å². The summed E-state index contributed by atoms with van der Waals surface area (Å²) in [5, 5.41) is 1.05. The van der Waals surface area contributed by atoms with Crippen molar-refractivity contribution in [2.45, 2.75) is 32.6 Å². The summed E-state index contributed by atoms with van der Waals surface area (Å²) in [6, 6.07) is 3.78. The molecule has 1 aliphatic carbocycles. The van der Waals surface area contributed by atoms with Gasteiger partial charge in [-0.2, -0.15) is 0 Å². The standard InChI is InChI=1S/C16H18O4/c1-3-19-16(17)15-11-7-5-4-6-10-12(18-2)8-9-13(20-15)14(10)11/h8-9H,3-7H2,1-2H3. The quantitative estimate of drug-likeness (QED) is 0.804. The Kier molecular flexibility index (Phi) is 3.38. The molecule has 2 aromatic rings. The Labute approximate surface area is 117 Å². The number of esters is 1. The van der Waals surface area contributed by atoms with Gasteiger partial charge in [-0.3, -0.25) is 0 Å². The van der Waals surface area contributed by atoms with Crippen molar-refractivity contribution in [3.63, 3.8) is 0 Å². The van der Waals surface area contributed by atoms with Crippen molar-refractivity contribution in [3.8, 4) is 5.75 Å². The lowest BCUT2D eigenvalue weighted by atomic mass is 10.0. The van der Waals surface area contributed by atoms with E-state index in [0.717, 1.165) is 53.5 Å². The van der Waals surface area contributed by atoms with E-state index >= 15 is 0 Å². The molecule has 1 aromatic heterocycles. The smallest absolute Gasteiger partial charge is 0.374 e. The van der Waals surface area contributed by atoms with Gasteiger partial charge in [-0.05, 0) is 44.7 Å². The average Bonchev–Trinajstić information content (AvgIpc) is 2.67. The molecule has 0 unspecified atom stereocenters. The van der Waals surface area contributed by atoms with Crippen LogP contribution in [0.3, 0.4) is 0 Å². The number of ether oxygens (including phenoxy) is 2. The maximum absolute atomic E-state index is 12.0. The molecule has 0 bridgehead atoms. The highest BCUT2D eigenvalue weighted by Gasteiger charge is 2.26. The lowest BCUT2D eigenvalue weighted by Crippen LogP contribution is -2.06. The van der Waals surface area contributed by atoms with E-state index in [-0.39, 0.29) is 5.97 Å². The Morgan fingerprint density at radius 1 is 1.25 bits per heavy atom. The van der Waals surface area contributed by atoms with E-state index in [1.807, 2.05) is 12.1 Å². The Morgan fingerprint density at radius 2 is 2.00 bits per heavy atom. The third-order valence-electron chi connectivity index (χ3n) is 3.80. The fourth-order valence-corrected chi connectivity index (χ4v) is 2.95. The second-order valence-corrected chi connectivity index (χ2v) is 4.96. The molecule has 1 heterocycles. The van der Waals surface area contributed by atoms with Crippen molar-refractivity contribution in [3.05, 3.63) is 29.0 Å². The van der Waals surface area contributed by atoms with Gasteiger partial charge in [-0.25, -0.2) is 4.79 Å². The first-order valence-corrected chi connectivity index (χ1v) is 7.04. The van der Waals surface area contributed by atoms with Crippen molar-refractivity contribution in [1.82, 2.24) is 0 Å². The fourth-order valence-electron chi connectivity index (χ4n) is 2.95. The summed E-state index contributed by atoms with van der Waals surface area (Å²) in [7, 11) is 1.68. The van der Waals surface area contributed by atoms with E-state index in [1.165, 1.54) is 0 Å². The Hall–Kier alpha value is -1.97. The van der Waals surface area contributed by atoms with E-state index in [2.05, 4.69) is 0 Å². The third kappa shape index (κ3) is 1.96. The molecule has 0 atom stereocenters. The molecule has 1 aromatic carbocycles. The molecule has 0 N–H and O–H groups in total. The minimum absolute atomic E-state index is 0.353. The van der Waals surface area contributed by atoms with Gasteiger partial charge in [-0.15, -0.1) is 0 Å². The van der Waals surface area contributed by atoms with Crippen LogP contribution in [-0.4, -0.2) is 19.7 Å². The molecule has 0 saturated heterocycles. The van der Waals surface area contributed by atoms with Crippen LogP contribution in [0.4, 0.5) is 0 Å². The molecular formula is C16H18O4. The molecule has 0 radical (unpaired) electrons. The largest absolute Gasteiger partial charge is 0.496 e. The van der Waals surface area contributed by atoms with Crippen LogP contribution in [0.5, 0.6) is 5.75 Å². The number of aryl methyl sites for hydroxylation is 2. The maximum Gasteiger partial charge on any atom is 0.374 e.